The summed E-state index contributed by atoms with van der Waals surface area (Å²) in [6.45, 7) is 9.59. The van der Waals surface area contributed by atoms with E-state index in [2.05, 4.69) is 33.0 Å². The lowest BCUT2D eigenvalue weighted by molar-refractivity contribution is 0.395. The zero-order chi connectivity index (χ0) is 13.6. The molecule has 1 rings (SSSR count). The molecule has 0 aromatic heterocycles. The monoisotopic (exact) mass is 251 g/mol. The van der Waals surface area contributed by atoms with Gasteiger partial charge in [0.2, 0.25) is 0 Å². The Hall–Kier alpha value is -0.890. The third-order valence-electron chi connectivity index (χ3n) is 3.11. The van der Waals surface area contributed by atoms with Gasteiger partial charge in [-0.2, -0.15) is 0 Å². The molecule has 0 bridgehead atoms. The topological polar surface area (TPSA) is 12.0 Å². The zero-order valence-corrected chi connectivity index (χ0v) is 12.1. The first-order chi connectivity index (χ1) is 8.42. The minimum absolute atomic E-state index is 0.109. The molecule has 0 fully saturated rings. The van der Waals surface area contributed by atoms with Gasteiger partial charge in [-0.15, -0.1) is 0 Å². The van der Waals surface area contributed by atoms with Crippen molar-refractivity contribution in [2.75, 3.05) is 6.54 Å². The second kappa shape index (κ2) is 6.89. The Morgan fingerprint density at radius 3 is 2.56 bits per heavy atom. The predicted molar refractivity (Wildman–Crippen MR) is 76.4 cm³/mol. The van der Waals surface area contributed by atoms with Gasteiger partial charge in [0.05, 0.1) is 0 Å². The summed E-state index contributed by atoms with van der Waals surface area (Å²) in [5, 5.41) is 3.53. The van der Waals surface area contributed by atoms with E-state index in [0.29, 0.717) is 5.92 Å². The zero-order valence-electron chi connectivity index (χ0n) is 12.1. The molecule has 0 saturated heterocycles. The van der Waals surface area contributed by atoms with Crippen LogP contribution in [0.1, 0.15) is 58.4 Å². The van der Waals surface area contributed by atoms with E-state index in [0.717, 1.165) is 18.5 Å². The highest BCUT2D eigenvalue weighted by Crippen LogP contribution is 2.23. The molecule has 0 amide bonds. The summed E-state index contributed by atoms with van der Waals surface area (Å²) in [5.74, 6) is 0.268. The largest absolute Gasteiger partial charge is 0.311 e. The lowest BCUT2D eigenvalue weighted by Crippen LogP contribution is -2.38. The van der Waals surface area contributed by atoms with Crippen molar-refractivity contribution < 1.29 is 4.39 Å². The van der Waals surface area contributed by atoms with Crippen LogP contribution in [-0.4, -0.2) is 12.1 Å². The third kappa shape index (κ3) is 5.63. The van der Waals surface area contributed by atoms with Crippen LogP contribution >= 0.6 is 0 Å². The van der Waals surface area contributed by atoms with Crippen molar-refractivity contribution in [1.29, 1.82) is 0 Å². The maximum absolute atomic E-state index is 13.3. The van der Waals surface area contributed by atoms with E-state index in [1.807, 2.05) is 6.07 Å². The van der Waals surface area contributed by atoms with E-state index in [4.69, 9.17) is 0 Å². The fraction of sp³-hybridized carbons (Fsp3) is 0.625. The molecule has 1 nitrogen and oxygen atoms in total. The molecule has 0 aliphatic heterocycles. The van der Waals surface area contributed by atoms with Crippen molar-refractivity contribution in [2.45, 2.75) is 58.4 Å². The molecule has 1 aromatic carbocycles. The Balaban J connectivity index is 2.71. The number of rotatable bonds is 6. The lowest BCUT2D eigenvalue weighted by atomic mass is 9.92. The van der Waals surface area contributed by atoms with Gasteiger partial charge in [-0.25, -0.2) is 4.39 Å². The highest BCUT2D eigenvalue weighted by atomic mass is 19.1. The van der Waals surface area contributed by atoms with Gasteiger partial charge >= 0.3 is 0 Å². The molecule has 0 spiro atoms. The molecule has 1 aromatic rings. The molecule has 0 aliphatic rings. The van der Waals surface area contributed by atoms with E-state index in [1.165, 1.54) is 18.9 Å². The van der Waals surface area contributed by atoms with Crippen LogP contribution in [0.4, 0.5) is 4.39 Å². The van der Waals surface area contributed by atoms with Gasteiger partial charge in [0, 0.05) is 12.1 Å². The summed E-state index contributed by atoms with van der Waals surface area (Å²) < 4.78 is 13.3. The molecular weight excluding hydrogens is 225 g/mol. The van der Waals surface area contributed by atoms with Crippen molar-refractivity contribution in [3.05, 3.63) is 35.6 Å². The van der Waals surface area contributed by atoms with E-state index in [9.17, 15) is 4.39 Å². The van der Waals surface area contributed by atoms with Gasteiger partial charge in [0.25, 0.3) is 0 Å². The average molecular weight is 251 g/mol. The van der Waals surface area contributed by atoms with E-state index in [1.54, 1.807) is 12.1 Å². The van der Waals surface area contributed by atoms with E-state index >= 15 is 0 Å². The molecule has 1 N–H and O–H groups in total. The fourth-order valence-corrected chi connectivity index (χ4v) is 2.03. The van der Waals surface area contributed by atoms with E-state index in [-0.39, 0.29) is 11.4 Å². The van der Waals surface area contributed by atoms with Crippen LogP contribution in [0.2, 0.25) is 0 Å². The molecular formula is C16H26FN. The Labute approximate surface area is 111 Å². The predicted octanol–water partition coefficient (Wildman–Crippen LogP) is 4.49. The third-order valence-corrected chi connectivity index (χ3v) is 3.11. The second-order valence-electron chi connectivity index (χ2n) is 6.03. The molecule has 1 atom stereocenters. The lowest BCUT2D eigenvalue weighted by Gasteiger charge is -2.25. The Morgan fingerprint density at radius 1 is 1.28 bits per heavy atom. The number of benzene rings is 1. The first-order valence-electron chi connectivity index (χ1n) is 6.93. The van der Waals surface area contributed by atoms with Crippen LogP contribution in [-0.2, 0) is 0 Å². The molecule has 2 heteroatoms. The Morgan fingerprint density at radius 2 is 2.00 bits per heavy atom. The van der Waals surface area contributed by atoms with Gasteiger partial charge in [-0.05, 0) is 50.8 Å². The summed E-state index contributed by atoms with van der Waals surface area (Å²) >= 11 is 0. The number of halogens is 1. The average Bonchev–Trinajstić information content (AvgIpc) is 2.28. The Bertz CT molecular complexity index is 354. The van der Waals surface area contributed by atoms with Gasteiger partial charge < -0.3 is 5.32 Å². The summed E-state index contributed by atoms with van der Waals surface area (Å²) in [5.41, 5.74) is 1.22. The van der Waals surface area contributed by atoms with Crippen LogP contribution in [0, 0.1) is 5.82 Å². The summed E-state index contributed by atoms with van der Waals surface area (Å²) in [6, 6.07) is 7.02. The second-order valence-corrected chi connectivity index (χ2v) is 6.03. The first kappa shape index (κ1) is 15.2. The van der Waals surface area contributed by atoms with Gasteiger partial charge in [-0.3, -0.25) is 0 Å². The number of hydrogen-bond acceptors (Lipinski definition) is 1. The first-order valence-corrected chi connectivity index (χ1v) is 6.93. The molecule has 102 valence electrons. The molecule has 0 heterocycles. The maximum Gasteiger partial charge on any atom is 0.123 e. The number of unbranched alkanes of at least 4 members (excludes halogenated alkanes) is 1. The van der Waals surface area contributed by atoms with Crippen LogP contribution in [0.3, 0.4) is 0 Å². The molecule has 1 unspecified atom stereocenters. The summed E-state index contributed by atoms with van der Waals surface area (Å²) in [7, 11) is 0. The molecule has 0 aliphatic carbocycles. The van der Waals surface area contributed by atoms with Crippen molar-refractivity contribution >= 4 is 0 Å². The van der Waals surface area contributed by atoms with Crippen LogP contribution in [0.5, 0.6) is 0 Å². The van der Waals surface area contributed by atoms with Crippen LogP contribution < -0.4 is 5.32 Å². The van der Waals surface area contributed by atoms with Crippen molar-refractivity contribution in [1.82, 2.24) is 5.32 Å². The number of hydrogen-bond donors (Lipinski definition) is 1. The summed E-state index contributed by atoms with van der Waals surface area (Å²) in [6.07, 6.45) is 3.48. The summed E-state index contributed by atoms with van der Waals surface area (Å²) in [4.78, 5) is 0. The molecule has 0 saturated carbocycles. The van der Waals surface area contributed by atoms with Crippen molar-refractivity contribution in [2.24, 2.45) is 0 Å². The normalized spacial score (nSPS) is 13.6. The minimum atomic E-state index is -0.134. The van der Waals surface area contributed by atoms with Crippen LogP contribution in [0.15, 0.2) is 24.3 Å². The van der Waals surface area contributed by atoms with E-state index < -0.39 is 0 Å². The highest BCUT2D eigenvalue weighted by Gasteiger charge is 2.16. The Kier molecular flexibility index (Phi) is 5.80. The smallest absolute Gasteiger partial charge is 0.123 e. The quantitative estimate of drug-likeness (QED) is 0.785. The maximum atomic E-state index is 13.3. The highest BCUT2D eigenvalue weighted by molar-refractivity contribution is 5.21. The van der Waals surface area contributed by atoms with Crippen molar-refractivity contribution in [3.63, 3.8) is 0 Å². The van der Waals surface area contributed by atoms with Gasteiger partial charge in [0.15, 0.2) is 0 Å². The standard InChI is InChI=1S/C16H26FN/c1-5-6-8-14(12-18-16(2,3)4)13-9-7-10-15(17)11-13/h7,9-11,14,18H,5-6,8,12H2,1-4H3. The SMILES string of the molecule is CCCCC(CNC(C)(C)C)c1cccc(F)c1. The fourth-order valence-electron chi connectivity index (χ4n) is 2.03. The van der Waals surface area contributed by atoms with Crippen LogP contribution in [0.25, 0.3) is 0 Å². The van der Waals surface area contributed by atoms with Gasteiger partial charge in [0.1, 0.15) is 5.82 Å². The van der Waals surface area contributed by atoms with Crippen molar-refractivity contribution in [3.8, 4) is 0 Å². The molecule has 18 heavy (non-hydrogen) atoms. The van der Waals surface area contributed by atoms with Gasteiger partial charge in [-0.1, -0.05) is 31.9 Å². The number of nitrogens with one attached hydrogen (secondary N) is 1. The molecule has 0 radical (unpaired) electrons. The minimum Gasteiger partial charge on any atom is -0.311 e.